The SMILES string of the molecule is Cc1cc([N+](=O)[O-])c(C)cc1NCc1csnn1. The Balaban J connectivity index is 2.19. The van der Waals surface area contributed by atoms with Crippen molar-refractivity contribution in [3.8, 4) is 0 Å². The third-order valence-corrected chi connectivity index (χ3v) is 3.16. The monoisotopic (exact) mass is 264 g/mol. The molecule has 0 spiro atoms. The minimum atomic E-state index is -0.365. The predicted molar refractivity (Wildman–Crippen MR) is 69.8 cm³/mol. The van der Waals surface area contributed by atoms with Crippen molar-refractivity contribution < 1.29 is 4.92 Å². The van der Waals surface area contributed by atoms with Crippen LogP contribution in [0.1, 0.15) is 16.8 Å². The molecule has 94 valence electrons. The van der Waals surface area contributed by atoms with E-state index in [1.54, 1.807) is 19.1 Å². The molecule has 1 aromatic carbocycles. The third kappa shape index (κ3) is 2.62. The lowest BCUT2D eigenvalue weighted by Crippen LogP contribution is -2.03. The first-order valence-corrected chi connectivity index (χ1v) is 6.17. The maximum Gasteiger partial charge on any atom is 0.272 e. The number of hydrogen-bond donors (Lipinski definition) is 1. The molecule has 1 heterocycles. The second-order valence-electron chi connectivity index (χ2n) is 3.96. The number of aromatic nitrogens is 2. The van der Waals surface area contributed by atoms with Gasteiger partial charge in [0.15, 0.2) is 0 Å². The van der Waals surface area contributed by atoms with Crippen molar-refractivity contribution in [3.63, 3.8) is 0 Å². The van der Waals surface area contributed by atoms with Crippen molar-refractivity contribution in [1.29, 1.82) is 0 Å². The number of rotatable bonds is 4. The van der Waals surface area contributed by atoms with Gasteiger partial charge in [-0.15, -0.1) is 5.10 Å². The molecule has 1 aromatic heterocycles. The Bertz CT molecular complexity index is 569. The molecule has 0 aliphatic heterocycles. The Hall–Kier alpha value is -2.02. The highest BCUT2D eigenvalue weighted by Gasteiger charge is 2.13. The molecular formula is C11H12N4O2S. The average molecular weight is 264 g/mol. The highest BCUT2D eigenvalue weighted by Crippen LogP contribution is 2.26. The highest BCUT2D eigenvalue weighted by molar-refractivity contribution is 7.03. The van der Waals surface area contributed by atoms with E-state index in [0.29, 0.717) is 12.1 Å². The molecule has 0 bridgehead atoms. The van der Waals surface area contributed by atoms with Crippen LogP contribution in [0.2, 0.25) is 0 Å². The maximum atomic E-state index is 10.8. The van der Waals surface area contributed by atoms with Gasteiger partial charge >= 0.3 is 0 Å². The molecular weight excluding hydrogens is 252 g/mol. The second-order valence-corrected chi connectivity index (χ2v) is 4.57. The first kappa shape index (κ1) is 12.4. The molecule has 2 aromatic rings. The van der Waals surface area contributed by atoms with Gasteiger partial charge in [0.05, 0.1) is 17.2 Å². The van der Waals surface area contributed by atoms with Gasteiger partial charge in [0.25, 0.3) is 5.69 Å². The molecule has 0 unspecified atom stereocenters. The summed E-state index contributed by atoms with van der Waals surface area (Å²) in [4.78, 5) is 10.4. The molecule has 0 saturated heterocycles. The summed E-state index contributed by atoms with van der Waals surface area (Å²) in [6.45, 7) is 4.13. The summed E-state index contributed by atoms with van der Waals surface area (Å²) in [5.41, 5.74) is 3.37. The van der Waals surface area contributed by atoms with Gasteiger partial charge < -0.3 is 5.32 Å². The van der Waals surface area contributed by atoms with Gasteiger partial charge in [-0.3, -0.25) is 10.1 Å². The van der Waals surface area contributed by atoms with Crippen LogP contribution in [0.3, 0.4) is 0 Å². The fourth-order valence-electron chi connectivity index (χ4n) is 1.63. The number of aryl methyl sites for hydroxylation is 2. The van der Waals surface area contributed by atoms with Crippen molar-refractivity contribution in [1.82, 2.24) is 9.59 Å². The summed E-state index contributed by atoms with van der Waals surface area (Å²) in [5.74, 6) is 0. The van der Waals surface area contributed by atoms with E-state index in [4.69, 9.17) is 0 Å². The van der Waals surface area contributed by atoms with E-state index < -0.39 is 0 Å². The molecule has 18 heavy (non-hydrogen) atoms. The maximum absolute atomic E-state index is 10.8. The predicted octanol–water partition coefficient (Wildman–Crippen LogP) is 2.68. The third-order valence-electron chi connectivity index (χ3n) is 2.60. The topological polar surface area (TPSA) is 81.0 Å². The fraction of sp³-hybridized carbons (Fsp3) is 0.273. The molecule has 0 fully saturated rings. The van der Waals surface area contributed by atoms with Crippen LogP contribution < -0.4 is 5.32 Å². The lowest BCUT2D eigenvalue weighted by molar-refractivity contribution is -0.385. The zero-order valence-electron chi connectivity index (χ0n) is 10.0. The van der Waals surface area contributed by atoms with E-state index in [2.05, 4.69) is 14.9 Å². The summed E-state index contributed by atoms with van der Waals surface area (Å²) in [6.07, 6.45) is 0. The Morgan fingerprint density at radius 3 is 2.78 bits per heavy atom. The highest BCUT2D eigenvalue weighted by atomic mass is 32.1. The second kappa shape index (κ2) is 5.09. The molecule has 0 radical (unpaired) electrons. The summed E-state index contributed by atoms with van der Waals surface area (Å²) in [7, 11) is 0. The van der Waals surface area contributed by atoms with Crippen LogP contribution in [0.15, 0.2) is 17.5 Å². The van der Waals surface area contributed by atoms with E-state index in [9.17, 15) is 10.1 Å². The van der Waals surface area contributed by atoms with Gasteiger partial charge in [-0.2, -0.15) is 0 Å². The zero-order valence-corrected chi connectivity index (χ0v) is 10.8. The first-order valence-electron chi connectivity index (χ1n) is 5.33. The molecule has 0 amide bonds. The van der Waals surface area contributed by atoms with Gasteiger partial charge in [-0.25, -0.2) is 0 Å². The first-order chi connectivity index (χ1) is 8.58. The van der Waals surface area contributed by atoms with Crippen LogP contribution >= 0.6 is 11.5 Å². The van der Waals surface area contributed by atoms with E-state index >= 15 is 0 Å². The molecule has 0 aliphatic carbocycles. The van der Waals surface area contributed by atoms with Crippen LogP contribution in [0, 0.1) is 24.0 Å². The number of anilines is 1. The lowest BCUT2D eigenvalue weighted by Gasteiger charge is -2.09. The Morgan fingerprint density at radius 1 is 1.39 bits per heavy atom. The van der Waals surface area contributed by atoms with Crippen molar-refractivity contribution in [2.24, 2.45) is 0 Å². The number of nitro groups is 1. The van der Waals surface area contributed by atoms with Crippen molar-refractivity contribution in [2.45, 2.75) is 20.4 Å². The summed E-state index contributed by atoms with van der Waals surface area (Å²) in [6, 6.07) is 3.37. The van der Waals surface area contributed by atoms with Crippen LogP contribution in [0.25, 0.3) is 0 Å². The van der Waals surface area contributed by atoms with E-state index in [1.165, 1.54) is 11.5 Å². The molecule has 0 saturated carbocycles. The normalized spacial score (nSPS) is 10.3. The van der Waals surface area contributed by atoms with Crippen molar-refractivity contribution in [2.75, 3.05) is 5.32 Å². The Kier molecular flexibility index (Phi) is 3.52. The van der Waals surface area contributed by atoms with E-state index in [1.807, 2.05) is 12.3 Å². The number of hydrogen-bond acceptors (Lipinski definition) is 6. The minimum absolute atomic E-state index is 0.147. The summed E-state index contributed by atoms with van der Waals surface area (Å²) in [5, 5.41) is 19.8. The standard InChI is InChI=1S/C11H12N4O2S/c1-7-4-11(15(16)17)8(2)3-10(7)12-5-9-6-18-14-13-9/h3-4,6,12H,5H2,1-2H3. The minimum Gasteiger partial charge on any atom is -0.379 e. The summed E-state index contributed by atoms with van der Waals surface area (Å²) < 4.78 is 3.77. The fourth-order valence-corrected chi connectivity index (χ4v) is 2.09. The van der Waals surface area contributed by atoms with Crippen LogP contribution in [-0.2, 0) is 6.54 Å². The number of benzene rings is 1. The van der Waals surface area contributed by atoms with Gasteiger partial charge in [-0.05, 0) is 37.0 Å². The van der Waals surface area contributed by atoms with Gasteiger partial charge in [0, 0.05) is 22.7 Å². The number of nitro benzene ring substituents is 1. The van der Waals surface area contributed by atoms with E-state index in [0.717, 1.165) is 16.9 Å². The lowest BCUT2D eigenvalue weighted by atomic mass is 10.1. The van der Waals surface area contributed by atoms with Crippen LogP contribution in [0.4, 0.5) is 11.4 Å². The molecule has 0 aliphatic rings. The van der Waals surface area contributed by atoms with Crippen molar-refractivity contribution >= 4 is 22.9 Å². The molecule has 6 nitrogen and oxygen atoms in total. The number of nitrogens with zero attached hydrogens (tertiary/aromatic N) is 3. The molecule has 7 heteroatoms. The van der Waals surface area contributed by atoms with Crippen LogP contribution in [0.5, 0.6) is 0 Å². The van der Waals surface area contributed by atoms with Gasteiger partial charge in [0.1, 0.15) is 0 Å². The summed E-state index contributed by atoms with van der Waals surface area (Å²) >= 11 is 1.30. The van der Waals surface area contributed by atoms with Crippen molar-refractivity contribution in [3.05, 3.63) is 44.4 Å². The molecule has 0 atom stereocenters. The average Bonchev–Trinajstić information content (AvgIpc) is 2.82. The molecule has 2 rings (SSSR count). The van der Waals surface area contributed by atoms with Gasteiger partial charge in [-0.1, -0.05) is 4.49 Å². The Morgan fingerprint density at radius 2 is 2.17 bits per heavy atom. The smallest absolute Gasteiger partial charge is 0.272 e. The zero-order chi connectivity index (χ0) is 13.1. The quantitative estimate of drug-likeness (QED) is 0.678. The van der Waals surface area contributed by atoms with E-state index in [-0.39, 0.29) is 10.6 Å². The Labute approximate surface area is 108 Å². The number of nitrogens with one attached hydrogen (secondary N) is 1. The van der Waals surface area contributed by atoms with Gasteiger partial charge in [0.2, 0.25) is 0 Å². The van der Waals surface area contributed by atoms with Crippen LogP contribution in [-0.4, -0.2) is 14.5 Å². The molecule has 1 N–H and O–H groups in total. The largest absolute Gasteiger partial charge is 0.379 e.